The molecule has 5 nitrogen and oxygen atoms in total. The quantitative estimate of drug-likeness (QED) is 0.760. The molecule has 0 saturated heterocycles. The number of nitrogens with two attached hydrogens (primary N) is 1. The molecule has 0 aliphatic carbocycles. The van der Waals surface area contributed by atoms with Gasteiger partial charge in [0.15, 0.2) is 0 Å². The first-order valence-electron chi connectivity index (χ1n) is 4.95. The minimum atomic E-state index is -3.33. The first-order valence-corrected chi connectivity index (χ1v) is 7.01. The molecule has 0 radical (unpaired) electrons. The molecule has 1 aromatic rings. The van der Waals surface area contributed by atoms with Crippen LogP contribution >= 0.6 is 12.2 Å². The zero-order valence-electron chi connectivity index (χ0n) is 9.34. The van der Waals surface area contributed by atoms with Crippen LogP contribution in [0.3, 0.4) is 0 Å². The van der Waals surface area contributed by atoms with Crippen molar-refractivity contribution < 1.29 is 13.2 Å². The molecule has 0 aliphatic rings. The van der Waals surface area contributed by atoms with Crippen LogP contribution in [0.1, 0.15) is 6.92 Å². The molecule has 0 fully saturated rings. The van der Waals surface area contributed by atoms with Crippen molar-refractivity contribution in [1.82, 2.24) is 0 Å². The van der Waals surface area contributed by atoms with E-state index in [1.54, 1.807) is 31.2 Å². The molecule has 0 aromatic heterocycles. The van der Waals surface area contributed by atoms with Gasteiger partial charge in [0, 0.05) is 0 Å². The topological polar surface area (TPSA) is 81.4 Å². The Balaban J connectivity index is 2.88. The van der Waals surface area contributed by atoms with Crippen LogP contribution in [0.5, 0.6) is 5.75 Å². The van der Waals surface area contributed by atoms with Gasteiger partial charge in [0.1, 0.15) is 17.3 Å². The van der Waals surface area contributed by atoms with Crippen LogP contribution in [-0.4, -0.2) is 25.8 Å². The lowest BCUT2D eigenvalue weighted by Gasteiger charge is -2.12. The van der Waals surface area contributed by atoms with Crippen molar-refractivity contribution in [3.63, 3.8) is 0 Å². The molecule has 0 bridgehead atoms. The van der Waals surface area contributed by atoms with E-state index in [9.17, 15) is 8.42 Å². The molecule has 0 heterocycles. The van der Waals surface area contributed by atoms with Gasteiger partial charge in [-0.1, -0.05) is 24.4 Å². The summed E-state index contributed by atoms with van der Waals surface area (Å²) in [4.78, 5) is 0.207. The van der Waals surface area contributed by atoms with Crippen LogP contribution in [0.25, 0.3) is 0 Å². The number of benzene rings is 1. The highest BCUT2D eigenvalue weighted by molar-refractivity contribution is 7.92. The van der Waals surface area contributed by atoms with E-state index in [1.165, 1.54) is 0 Å². The summed E-state index contributed by atoms with van der Waals surface area (Å²) in [5.74, 6) is 0.397. The second-order valence-electron chi connectivity index (χ2n) is 3.26. The Bertz CT molecular complexity index is 500. The fourth-order valence-electron chi connectivity index (χ4n) is 1.07. The van der Waals surface area contributed by atoms with Crippen molar-refractivity contribution in [1.29, 1.82) is 0 Å². The maximum absolute atomic E-state index is 11.4. The summed E-state index contributed by atoms with van der Waals surface area (Å²) in [6.45, 7) is 1.63. The molecule has 0 aliphatic heterocycles. The molecule has 1 rings (SSSR count). The van der Waals surface area contributed by atoms with Crippen LogP contribution in [0.15, 0.2) is 24.3 Å². The molecule has 3 N–H and O–H groups in total. The molecule has 0 saturated carbocycles. The number of nitrogens with one attached hydrogen (secondary N) is 1. The van der Waals surface area contributed by atoms with Gasteiger partial charge in [-0.3, -0.25) is 4.72 Å². The highest BCUT2D eigenvalue weighted by Crippen LogP contribution is 2.24. The van der Waals surface area contributed by atoms with E-state index in [0.717, 1.165) is 0 Å². The first kappa shape index (κ1) is 13.7. The number of ether oxygens (including phenoxy) is 1. The predicted molar refractivity (Wildman–Crippen MR) is 71.8 cm³/mol. The van der Waals surface area contributed by atoms with Gasteiger partial charge in [0.25, 0.3) is 0 Å². The summed E-state index contributed by atoms with van der Waals surface area (Å²) in [6, 6.07) is 6.70. The van der Waals surface area contributed by atoms with Gasteiger partial charge in [-0.05, 0) is 19.1 Å². The maximum Gasteiger partial charge on any atom is 0.232 e. The molecule has 94 valence electrons. The Morgan fingerprint density at radius 1 is 1.47 bits per heavy atom. The van der Waals surface area contributed by atoms with Crippen molar-refractivity contribution in [3.8, 4) is 5.75 Å². The van der Waals surface area contributed by atoms with Crippen LogP contribution < -0.4 is 15.2 Å². The van der Waals surface area contributed by atoms with Gasteiger partial charge in [0.2, 0.25) is 10.0 Å². The molecule has 0 spiro atoms. The smallest absolute Gasteiger partial charge is 0.232 e. The van der Waals surface area contributed by atoms with Gasteiger partial charge in [-0.2, -0.15) is 0 Å². The number of sulfonamides is 1. The Kier molecular flexibility index (Phi) is 4.71. The van der Waals surface area contributed by atoms with Crippen molar-refractivity contribution in [2.24, 2.45) is 5.73 Å². The molecule has 1 aromatic carbocycles. The minimum absolute atomic E-state index is 0.00334. The zero-order chi connectivity index (χ0) is 12.9. The maximum atomic E-state index is 11.4. The lowest BCUT2D eigenvalue weighted by atomic mass is 10.3. The van der Waals surface area contributed by atoms with E-state index in [-0.39, 0.29) is 17.3 Å². The van der Waals surface area contributed by atoms with E-state index < -0.39 is 10.0 Å². The number of thiocarbonyl (C=S) groups is 1. The van der Waals surface area contributed by atoms with E-state index >= 15 is 0 Å². The molecule has 0 unspecified atom stereocenters. The van der Waals surface area contributed by atoms with Gasteiger partial charge < -0.3 is 10.5 Å². The summed E-state index contributed by atoms with van der Waals surface area (Å²) < 4.78 is 30.6. The van der Waals surface area contributed by atoms with Crippen molar-refractivity contribution in [3.05, 3.63) is 24.3 Å². The van der Waals surface area contributed by atoms with Crippen molar-refractivity contribution in [2.45, 2.75) is 6.92 Å². The number of para-hydroxylation sites is 2. The standard InChI is InChI=1S/C10H14N2O3S2/c1-2-17(13,14)12-8-5-3-4-6-9(8)15-7-10(11)16/h3-6,12H,2,7H2,1H3,(H2,11,16). The zero-order valence-corrected chi connectivity index (χ0v) is 11.0. The third kappa shape index (κ3) is 4.58. The van der Waals surface area contributed by atoms with Crippen LogP contribution in [0, 0.1) is 0 Å². The lowest BCUT2D eigenvalue weighted by molar-refractivity contribution is 0.379. The Morgan fingerprint density at radius 2 is 2.12 bits per heavy atom. The fraction of sp³-hybridized carbons (Fsp3) is 0.300. The monoisotopic (exact) mass is 274 g/mol. The Morgan fingerprint density at radius 3 is 2.71 bits per heavy atom. The molecule has 17 heavy (non-hydrogen) atoms. The molecule has 7 heteroatoms. The number of hydrogen-bond acceptors (Lipinski definition) is 4. The predicted octanol–water partition coefficient (Wildman–Crippen LogP) is 1.11. The highest BCUT2D eigenvalue weighted by atomic mass is 32.2. The second-order valence-corrected chi connectivity index (χ2v) is 5.79. The van der Waals surface area contributed by atoms with Gasteiger partial charge in [-0.15, -0.1) is 0 Å². The van der Waals surface area contributed by atoms with Gasteiger partial charge >= 0.3 is 0 Å². The van der Waals surface area contributed by atoms with E-state index in [2.05, 4.69) is 16.9 Å². The minimum Gasteiger partial charge on any atom is -0.484 e. The molecule has 0 amide bonds. The summed E-state index contributed by atoms with van der Waals surface area (Å²) in [5.41, 5.74) is 5.69. The average molecular weight is 274 g/mol. The van der Waals surface area contributed by atoms with Crippen molar-refractivity contribution in [2.75, 3.05) is 17.1 Å². The number of rotatable bonds is 6. The van der Waals surface area contributed by atoms with Crippen LogP contribution in [-0.2, 0) is 10.0 Å². The Labute approximate surface area is 106 Å². The SMILES string of the molecule is CCS(=O)(=O)Nc1ccccc1OCC(N)=S. The second kappa shape index (κ2) is 5.83. The first-order chi connectivity index (χ1) is 7.94. The van der Waals surface area contributed by atoms with E-state index in [4.69, 9.17) is 10.5 Å². The number of anilines is 1. The van der Waals surface area contributed by atoms with Crippen LogP contribution in [0.4, 0.5) is 5.69 Å². The van der Waals surface area contributed by atoms with E-state index in [0.29, 0.717) is 11.4 Å². The summed E-state index contributed by atoms with van der Waals surface area (Å²) in [6.07, 6.45) is 0. The highest BCUT2D eigenvalue weighted by Gasteiger charge is 2.10. The van der Waals surface area contributed by atoms with Crippen molar-refractivity contribution >= 4 is 32.9 Å². The summed E-state index contributed by atoms with van der Waals surface area (Å²) in [7, 11) is -3.33. The third-order valence-electron chi connectivity index (χ3n) is 1.90. The molecular weight excluding hydrogens is 260 g/mol. The number of hydrogen-bond donors (Lipinski definition) is 2. The van der Waals surface area contributed by atoms with Crippen LogP contribution in [0.2, 0.25) is 0 Å². The van der Waals surface area contributed by atoms with Gasteiger partial charge in [0.05, 0.1) is 11.4 Å². The normalized spacial score (nSPS) is 10.9. The molecular formula is C10H14N2O3S2. The average Bonchev–Trinajstić information content (AvgIpc) is 2.27. The Hall–Kier alpha value is -1.34. The lowest BCUT2D eigenvalue weighted by Crippen LogP contribution is -2.19. The fourth-order valence-corrected chi connectivity index (χ4v) is 1.77. The molecule has 0 atom stereocenters. The summed E-state index contributed by atoms with van der Waals surface area (Å²) in [5, 5.41) is 0. The van der Waals surface area contributed by atoms with E-state index in [1.807, 2.05) is 0 Å². The summed E-state index contributed by atoms with van der Waals surface area (Å²) >= 11 is 4.68. The largest absolute Gasteiger partial charge is 0.484 e. The third-order valence-corrected chi connectivity index (χ3v) is 3.31. The van der Waals surface area contributed by atoms with Gasteiger partial charge in [-0.25, -0.2) is 8.42 Å².